The van der Waals surface area contributed by atoms with Crippen molar-refractivity contribution < 1.29 is 0 Å². The Hall–Kier alpha value is -0.0800. The van der Waals surface area contributed by atoms with Crippen LogP contribution in [0.1, 0.15) is 59.8 Å². The van der Waals surface area contributed by atoms with Crippen molar-refractivity contribution in [2.75, 3.05) is 19.6 Å². The maximum atomic E-state index is 3.63. The van der Waals surface area contributed by atoms with Crippen molar-refractivity contribution in [2.45, 2.75) is 71.9 Å². The van der Waals surface area contributed by atoms with Crippen LogP contribution in [-0.2, 0) is 0 Å². The molecule has 1 aliphatic carbocycles. The van der Waals surface area contributed by atoms with E-state index in [4.69, 9.17) is 0 Å². The second-order valence-corrected chi connectivity index (χ2v) is 7.17. The number of nitrogens with one attached hydrogen (secondary N) is 1. The van der Waals surface area contributed by atoms with Crippen LogP contribution in [0.15, 0.2) is 0 Å². The Morgan fingerprint density at radius 3 is 2.63 bits per heavy atom. The van der Waals surface area contributed by atoms with Gasteiger partial charge in [0.25, 0.3) is 0 Å². The van der Waals surface area contributed by atoms with Crippen LogP contribution >= 0.6 is 0 Å². The average molecular weight is 266 g/mol. The molecule has 19 heavy (non-hydrogen) atoms. The molecule has 2 nitrogen and oxygen atoms in total. The van der Waals surface area contributed by atoms with E-state index >= 15 is 0 Å². The van der Waals surface area contributed by atoms with Gasteiger partial charge in [0, 0.05) is 18.6 Å². The van der Waals surface area contributed by atoms with Gasteiger partial charge in [-0.05, 0) is 69.9 Å². The predicted octanol–water partition coefficient (Wildman–Crippen LogP) is 3.52. The third-order valence-electron chi connectivity index (χ3n) is 5.81. The average Bonchev–Trinajstić information content (AvgIpc) is 2.42. The minimum atomic E-state index is 0.688. The number of nitrogens with zero attached hydrogens (tertiary/aromatic N) is 1. The molecule has 0 spiro atoms. The lowest BCUT2D eigenvalue weighted by Crippen LogP contribution is -2.49. The van der Waals surface area contributed by atoms with Gasteiger partial charge >= 0.3 is 0 Å². The molecule has 1 saturated heterocycles. The molecule has 0 bridgehead atoms. The summed E-state index contributed by atoms with van der Waals surface area (Å²) in [6, 6.07) is 1.57. The maximum Gasteiger partial charge on any atom is 0.00981 e. The molecule has 112 valence electrons. The SMILES string of the molecule is CCNC(C)C1CCCN(C2CCC(C)C(C)C2)C1. The van der Waals surface area contributed by atoms with E-state index in [0.717, 1.165) is 30.3 Å². The Kier molecular flexibility index (Phi) is 5.70. The molecule has 1 aliphatic heterocycles. The zero-order valence-corrected chi connectivity index (χ0v) is 13.5. The summed E-state index contributed by atoms with van der Waals surface area (Å²) in [6.45, 7) is 13.3. The minimum absolute atomic E-state index is 0.688. The van der Waals surface area contributed by atoms with Crippen molar-refractivity contribution in [3.05, 3.63) is 0 Å². The van der Waals surface area contributed by atoms with Gasteiger partial charge < -0.3 is 10.2 Å². The van der Waals surface area contributed by atoms with Crippen molar-refractivity contribution in [1.82, 2.24) is 10.2 Å². The summed E-state index contributed by atoms with van der Waals surface area (Å²) in [5, 5.41) is 3.63. The summed E-state index contributed by atoms with van der Waals surface area (Å²) < 4.78 is 0. The molecular formula is C17H34N2. The van der Waals surface area contributed by atoms with Gasteiger partial charge in [0.1, 0.15) is 0 Å². The third kappa shape index (κ3) is 3.95. The second kappa shape index (κ2) is 7.08. The second-order valence-electron chi connectivity index (χ2n) is 7.17. The molecule has 1 N–H and O–H groups in total. The zero-order valence-electron chi connectivity index (χ0n) is 13.5. The fourth-order valence-electron chi connectivity index (χ4n) is 4.12. The highest BCUT2D eigenvalue weighted by Gasteiger charge is 2.32. The van der Waals surface area contributed by atoms with Crippen LogP contribution in [0.3, 0.4) is 0 Å². The normalized spacial score (nSPS) is 39.2. The van der Waals surface area contributed by atoms with Gasteiger partial charge in [0.05, 0.1) is 0 Å². The van der Waals surface area contributed by atoms with Crippen LogP contribution in [-0.4, -0.2) is 36.6 Å². The molecule has 2 rings (SSSR count). The third-order valence-corrected chi connectivity index (χ3v) is 5.81. The summed E-state index contributed by atoms with van der Waals surface area (Å²) in [6.07, 6.45) is 7.14. The van der Waals surface area contributed by atoms with Gasteiger partial charge in [-0.25, -0.2) is 0 Å². The van der Waals surface area contributed by atoms with E-state index in [-0.39, 0.29) is 0 Å². The summed E-state index contributed by atoms with van der Waals surface area (Å²) in [4.78, 5) is 2.82. The summed E-state index contributed by atoms with van der Waals surface area (Å²) >= 11 is 0. The van der Waals surface area contributed by atoms with Crippen molar-refractivity contribution >= 4 is 0 Å². The zero-order chi connectivity index (χ0) is 13.8. The van der Waals surface area contributed by atoms with Gasteiger partial charge in [-0.1, -0.05) is 20.8 Å². The van der Waals surface area contributed by atoms with Gasteiger partial charge in [0.15, 0.2) is 0 Å². The van der Waals surface area contributed by atoms with Crippen LogP contribution in [0.5, 0.6) is 0 Å². The van der Waals surface area contributed by atoms with E-state index in [1.165, 1.54) is 45.2 Å². The summed E-state index contributed by atoms with van der Waals surface area (Å²) in [5.74, 6) is 2.73. The molecule has 5 unspecified atom stereocenters. The van der Waals surface area contributed by atoms with Crippen LogP contribution in [0.25, 0.3) is 0 Å². The first-order valence-electron chi connectivity index (χ1n) is 8.59. The van der Waals surface area contributed by atoms with Crippen molar-refractivity contribution in [2.24, 2.45) is 17.8 Å². The Morgan fingerprint density at radius 2 is 1.95 bits per heavy atom. The Balaban J connectivity index is 1.86. The van der Waals surface area contributed by atoms with Crippen molar-refractivity contribution in [1.29, 1.82) is 0 Å². The van der Waals surface area contributed by atoms with E-state index < -0.39 is 0 Å². The molecule has 5 atom stereocenters. The standard InChI is InChI=1S/C17H34N2/c1-5-18-15(4)16-7-6-10-19(12-16)17-9-8-13(2)14(3)11-17/h13-18H,5-12H2,1-4H3. The Bertz CT molecular complexity index is 266. The van der Waals surface area contributed by atoms with Crippen LogP contribution in [0.4, 0.5) is 0 Å². The lowest BCUT2D eigenvalue weighted by molar-refractivity contribution is 0.0612. The van der Waals surface area contributed by atoms with E-state index in [0.29, 0.717) is 6.04 Å². The number of rotatable bonds is 4. The minimum Gasteiger partial charge on any atom is -0.314 e. The molecule has 2 heteroatoms. The lowest BCUT2D eigenvalue weighted by atomic mass is 9.77. The fourth-order valence-corrected chi connectivity index (χ4v) is 4.12. The smallest absolute Gasteiger partial charge is 0.00981 e. The topological polar surface area (TPSA) is 15.3 Å². The molecule has 0 aromatic rings. The van der Waals surface area contributed by atoms with Crippen LogP contribution in [0.2, 0.25) is 0 Å². The Labute approximate surface area is 120 Å². The summed E-state index contributed by atoms with van der Waals surface area (Å²) in [7, 11) is 0. The molecule has 0 aromatic heterocycles. The van der Waals surface area contributed by atoms with E-state index in [1.807, 2.05) is 0 Å². The first-order valence-corrected chi connectivity index (χ1v) is 8.59. The van der Waals surface area contributed by atoms with Gasteiger partial charge in [-0.15, -0.1) is 0 Å². The monoisotopic (exact) mass is 266 g/mol. The molecule has 0 amide bonds. The quantitative estimate of drug-likeness (QED) is 0.837. The summed E-state index contributed by atoms with van der Waals surface area (Å²) in [5.41, 5.74) is 0. The number of likely N-dealkylation sites (tertiary alicyclic amines) is 1. The molecule has 2 fully saturated rings. The van der Waals surface area contributed by atoms with E-state index in [9.17, 15) is 0 Å². The van der Waals surface area contributed by atoms with Crippen LogP contribution < -0.4 is 5.32 Å². The van der Waals surface area contributed by atoms with Gasteiger partial charge in [-0.3, -0.25) is 0 Å². The van der Waals surface area contributed by atoms with Crippen molar-refractivity contribution in [3.63, 3.8) is 0 Å². The van der Waals surface area contributed by atoms with E-state index in [2.05, 4.69) is 37.9 Å². The highest BCUT2D eigenvalue weighted by atomic mass is 15.2. The molecule has 1 saturated carbocycles. The van der Waals surface area contributed by atoms with Gasteiger partial charge in [0.2, 0.25) is 0 Å². The first kappa shape index (κ1) is 15.3. The first-order chi connectivity index (χ1) is 9.11. The van der Waals surface area contributed by atoms with Gasteiger partial charge in [-0.2, -0.15) is 0 Å². The number of piperidine rings is 1. The Morgan fingerprint density at radius 1 is 1.16 bits per heavy atom. The lowest BCUT2D eigenvalue weighted by Gasteiger charge is -2.44. The molecular weight excluding hydrogens is 232 g/mol. The largest absolute Gasteiger partial charge is 0.314 e. The highest BCUT2D eigenvalue weighted by molar-refractivity contribution is 4.87. The molecule has 0 radical (unpaired) electrons. The maximum absolute atomic E-state index is 3.63. The number of hydrogen-bond acceptors (Lipinski definition) is 2. The molecule has 1 heterocycles. The predicted molar refractivity (Wildman–Crippen MR) is 83.4 cm³/mol. The van der Waals surface area contributed by atoms with Crippen molar-refractivity contribution in [3.8, 4) is 0 Å². The number of hydrogen-bond donors (Lipinski definition) is 1. The molecule has 0 aromatic carbocycles. The molecule has 2 aliphatic rings. The fraction of sp³-hybridized carbons (Fsp3) is 1.00. The van der Waals surface area contributed by atoms with Crippen LogP contribution in [0, 0.1) is 17.8 Å². The van der Waals surface area contributed by atoms with E-state index in [1.54, 1.807) is 0 Å². The highest BCUT2D eigenvalue weighted by Crippen LogP contribution is 2.34.